The number of carbonyl (C=O) groups excluding carboxylic acids is 1. The third kappa shape index (κ3) is 4.07. The second kappa shape index (κ2) is 7.44. The number of rotatable bonds is 6. The van der Waals surface area contributed by atoms with Gasteiger partial charge in [-0.15, -0.1) is 0 Å². The molecule has 1 aliphatic heterocycles. The number of piperidine rings is 1. The molecule has 1 heterocycles. The summed E-state index contributed by atoms with van der Waals surface area (Å²) >= 11 is 0. The van der Waals surface area contributed by atoms with E-state index >= 15 is 0 Å². The molecule has 0 radical (unpaired) electrons. The molecule has 0 unspecified atom stereocenters. The zero-order valence-electron chi connectivity index (χ0n) is 12.6. The van der Waals surface area contributed by atoms with Crippen LogP contribution in [-0.2, 0) is 0 Å². The Kier molecular flexibility index (Phi) is 5.60. The summed E-state index contributed by atoms with van der Waals surface area (Å²) in [7, 11) is 0. The topological polar surface area (TPSA) is 29.5 Å². The maximum absolute atomic E-state index is 12.3. The zero-order valence-corrected chi connectivity index (χ0v) is 12.6. The summed E-state index contributed by atoms with van der Waals surface area (Å²) in [4.78, 5) is 14.5. The number of Topliss-reactive ketones (excluding diaryl/α,β-unsaturated/α-hetero) is 1. The van der Waals surface area contributed by atoms with Crippen molar-refractivity contribution < 1.29 is 9.53 Å². The lowest BCUT2D eigenvalue weighted by Gasteiger charge is -2.30. The highest BCUT2D eigenvalue weighted by Crippen LogP contribution is 2.20. The van der Waals surface area contributed by atoms with Crippen molar-refractivity contribution in [3.8, 4) is 5.75 Å². The van der Waals surface area contributed by atoms with E-state index in [1.54, 1.807) is 0 Å². The molecule has 0 atom stereocenters. The van der Waals surface area contributed by atoms with Crippen molar-refractivity contribution >= 4 is 5.78 Å². The minimum Gasteiger partial charge on any atom is -0.494 e. The van der Waals surface area contributed by atoms with E-state index in [9.17, 15) is 4.79 Å². The molecule has 20 heavy (non-hydrogen) atoms. The Bertz CT molecular complexity index is 419. The minimum absolute atomic E-state index is 0.211. The molecule has 0 amide bonds. The number of hydrogen-bond acceptors (Lipinski definition) is 3. The third-order valence-corrected chi connectivity index (χ3v) is 4.14. The van der Waals surface area contributed by atoms with Gasteiger partial charge in [-0.2, -0.15) is 0 Å². The number of benzene rings is 1. The molecule has 1 saturated heterocycles. The standard InChI is InChI=1S/C17H25NO2/c1-3-14-9-11-18(12-10-14)13-17(19)15-5-7-16(8-6-15)20-4-2/h5-8,14H,3-4,9-13H2,1-2H3. The molecule has 1 fully saturated rings. The first-order valence-corrected chi connectivity index (χ1v) is 7.71. The zero-order chi connectivity index (χ0) is 14.4. The number of hydrogen-bond donors (Lipinski definition) is 0. The Hall–Kier alpha value is -1.35. The monoisotopic (exact) mass is 275 g/mol. The lowest BCUT2D eigenvalue weighted by molar-refractivity contribution is 0.0894. The van der Waals surface area contributed by atoms with E-state index in [1.165, 1.54) is 19.3 Å². The lowest BCUT2D eigenvalue weighted by Crippen LogP contribution is -2.37. The van der Waals surface area contributed by atoms with Crippen molar-refractivity contribution in [1.29, 1.82) is 0 Å². The largest absolute Gasteiger partial charge is 0.494 e. The van der Waals surface area contributed by atoms with Crippen LogP contribution < -0.4 is 4.74 Å². The first-order chi connectivity index (χ1) is 9.72. The summed E-state index contributed by atoms with van der Waals surface area (Å²) < 4.78 is 5.39. The maximum atomic E-state index is 12.3. The Labute approximate surface area is 121 Å². The van der Waals surface area contributed by atoms with E-state index < -0.39 is 0 Å². The summed E-state index contributed by atoms with van der Waals surface area (Å²) in [5.41, 5.74) is 0.783. The lowest BCUT2D eigenvalue weighted by atomic mass is 9.94. The van der Waals surface area contributed by atoms with Gasteiger partial charge in [-0.1, -0.05) is 13.3 Å². The van der Waals surface area contributed by atoms with Crippen LogP contribution in [0.2, 0.25) is 0 Å². The average Bonchev–Trinajstić information content (AvgIpc) is 2.49. The second-order valence-electron chi connectivity index (χ2n) is 5.51. The molecule has 3 nitrogen and oxygen atoms in total. The number of carbonyl (C=O) groups is 1. The van der Waals surface area contributed by atoms with E-state index in [0.29, 0.717) is 13.2 Å². The Balaban J connectivity index is 1.85. The quantitative estimate of drug-likeness (QED) is 0.745. The van der Waals surface area contributed by atoms with Crippen LogP contribution in [0.15, 0.2) is 24.3 Å². The van der Waals surface area contributed by atoms with Gasteiger partial charge in [0, 0.05) is 5.56 Å². The molecule has 110 valence electrons. The maximum Gasteiger partial charge on any atom is 0.176 e. The molecule has 0 aliphatic carbocycles. The third-order valence-electron chi connectivity index (χ3n) is 4.14. The van der Waals surface area contributed by atoms with Gasteiger partial charge in [-0.05, 0) is 63.0 Å². The van der Waals surface area contributed by atoms with E-state index in [0.717, 1.165) is 30.3 Å². The SMILES string of the molecule is CCOc1ccc(C(=O)CN2CCC(CC)CC2)cc1. The van der Waals surface area contributed by atoms with Gasteiger partial charge < -0.3 is 4.74 Å². The molecule has 0 aromatic heterocycles. The van der Waals surface area contributed by atoms with Gasteiger partial charge in [0.25, 0.3) is 0 Å². The highest BCUT2D eigenvalue weighted by molar-refractivity contribution is 5.97. The predicted octanol–water partition coefficient (Wildman–Crippen LogP) is 3.39. The molecule has 1 aromatic carbocycles. The highest BCUT2D eigenvalue weighted by atomic mass is 16.5. The molecule has 1 aliphatic rings. The molecule has 0 spiro atoms. The fraction of sp³-hybridized carbons (Fsp3) is 0.588. The highest BCUT2D eigenvalue weighted by Gasteiger charge is 2.20. The fourth-order valence-electron chi connectivity index (χ4n) is 2.75. The van der Waals surface area contributed by atoms with Crippen molar-refractivity contribution in [3.05, 3.63) is 29.8 Å². The van der Waals surface area contributed by atoms with Crippen LogP contribution in [0.5, 0.6) is 5.75 Å². The van der Waals surface area contributed by atoms with E-state index in [2.05, 4.69) is 11.8 Å². The van der Waals surface area contributed by atoms with Gasteiger partial charge in [0.1, 0.15) is 5.75 Å². The predicted molar refractivity (Wildman–Crippen MR) is 81.4 cm³/mol. The van der Waals surface area contributed by atoms with Crippen LogP contribution in [0.3, 0.4) is 0 Å². The number of likely N-dealkylation sites (tertiary alicyclic amines) is 1. The van der Waals surface area contributed by atoms with E-state index in [4.69, 9.17) is 4.74 Å². The normalized spacial score (nSPS) is 17.1. The molecule has 3 heteroatoms. The summed E-state index contributed by atoms with van der Waals surface area (Å²) in [5.74, 6) is 1.89. The number of ketones is 1. The number of nitrogens with zero attached hydrogens (tertiary/aromatic N) is 1. The van der Waals surface area contributed by atoms with Gasteiger partial charge in [0.2, 0.25) is 0 Å². The molecule has 2 rings (SSSR count). The molecule has 0 bridgehead atoms. The molecular weight excluding hydrogens is 250 g/mol. The second-order valence-corrected chi connectivity index (χ2v) is 5.51. The van der Waals surface area contributed by atoms with Crippen LogP contribution in [0.25, 0.3) is 0 Å². The van der Waals surface area contributed by atoms with Gasteiger partial charge >= 0.3 is 0 Å². The van der Waals surface area contributed by atoms with Crippen LogP contribution in [-0.4, -0.2) is 36.9 Å². The van der Waals surface area contributed by atoms with Crippen molar-refractivity contribution in [3.63, 3.8) is 0 Å². The van der Waals surface area contributed by atoms with E-state index in [-0.39, 0.29) is 5.78 Å². The van der Waals surface area contributed by atoms with Crippen molar-refractivity contribution in [2.45, 2.75) is 33.1 Å². The van der Waals surface area contributed by atoms with Gasteiger partial charge in [-0.25, -0.2) is 0 Å². The molecule has 0 saturated carbocycles. The Morgan fingerprint density at radius 3 is 2.40 bits per heavy atom. The number of ether oxygens (including phenoxy) is 1. The minimum atomic E-state index is 0.211. The van der Waals surface area contributed by atoms with Gasteiger partial charge in [0.05, 0.1) is 13.2 Å². The van der Waals surface area contributed by atoms with Gasteiger partial charge in [-0.3, -0.25) is 9.69 Å². The van der Waals surface area contributed by atoms with Crippen LogP contribution in [0.4, 0.5) is 0 Å². The first-order valence-electron chi connectivity index (χ1n) is 7.71. The summed E-state index contributed by atoms with van der Waals surface area (Å²) in [6.45, 7) is 7.52. The van der Waals surface area contributed by atoms with Crippen LogP contribution in [0, 0.1) is 5.92 Å². The molecule has 0 N–H and O–H groups in total. The van der Waals surface area contributed by atoms with E-state index in [1.807, 2.05) is 31.2 Å². The molecule has 1 aromatic rings. The summed E-state index contributed by atoms with van der Waals surface area (Å²) in [6, 6.07) is 7.48. The van der Waals surface area contributed by atoms with Crippen molar-refractivity contribution in [2.24, 2.45) is 5.92 Å². The Morgan fingerprint density at radius 1 is 1.20 bits per heavy atom. The van der Waals surface area contributed by atoms with Crippen LogP contribution in [0.1, 0.15) is 43.5 Å². The van der Waals surface area contributed by atoms with Crippen LogP contribution >= 0.6 is 0 Å². The van der Waals surface area contributed by atoms with Crippen molar-refractivity contribution in [2.75, 3.05) is 26.2 Å². The Morgan fingerprint density at radius 2 is 1.85 bits per heavy atom. The van der Waals surface area contributed by atoms with Crippen molar-refractivity contribution in [1.82, 2.24) is 4.90 Å². The fourth-order valence-corrected chi connectivity index (χ4v) is 2.75. The summed E-state index contributed by atoms with van der Waals surface area (Å²) in [5, 5.41) is 0. The smallest absolute Gasteiger partial charge is 0.176 e. The summed E-state index contributed by atoms with van der Waals surface area (Å²) in [6.07, 6.45) is 3.72. The molecular formula is C17H25NO2. The first kappa shape index (κ1) is 15.0. The van der Waals surface area contributed by atoms with Gasteiger partial charge in [0.15, 0.2) is 5.78 Å². The average molecular weight is 275 g/mol.